The van der Waals surface area contributed by atoms with Crippen molar-refractivity contribution < 1.29 is 0 Å². The minimum Gasteiger partial charge on any atom is -0.269 e. The van der Waals surface area contributed by atoms with E-state index in [1.807, 2.05) is 6.20 Å². The Bertz CT molecular complexity index is 302. The monoisotopic (exact) mass is 256 g/mol. The highest BCUT2D eigenvalue weighted by Crippen LogP contribution is 2.42. The maximum atomic E-state index is 4.47. The Labute approximate surface area is 93.8 Å². The van der Waals surface area contributed by atoms with Crippen LogP contribution in [0.1, 0.15) is 49.8 Å². The predicted molar refractivity (Wildman–Crippen MR) is 61.7 cm³/mol. The maximum Gasteiger partial charge on any atom is 0.0533 e. The van der Waals surface area contributed by atoms with Gasteiger partial charge in [0.25, 0.3) is 0 Å². The molecular weight excluding hydrogens is 240 g/mol. The number of halogens is 1. The Hall–Kier alpha value is -0.310. The lowest BCUT2D eigenvalue weighted by Crippen LogP contribution is -2.04. The topological polar surface area (TPSA) is 17.8 Å². The average molecular weight is 257 g/mol. The number of unbranched alkanes of at least 4 members (excludes halogenated alkanes) is 1. The average Bonchev–Trinajstić information content (AvgIpc) is 2.96. The first-order chi connectivity index (χ1) is 6.86. The highest BCUT2D eigenvalue weighted by atomic mass is 79.9. The van der Waals surface area contributed by atoms with Gasteiger partial charge in [0.05, 0.1) is 6.20 Å². The van der Waals surface area contributed by atoms with Crippen LogP contribution in [0.2, 0.25) is 0 Å². The van der Waals surface area contributed by atoms with Crippen molar-refractivity contribution in [1.29, 1.82) is 0 Å². The summed E-state index contributed by atoms with van der Waals surface area (Å²) >= 11 is 3.53. The summed E-state index contributed by atoms with van der Waals surface area (Å²) in [4.78, 5) is 0. The van der Waals surface area contributed by atoms with Gasteiger partial charge in [0.1, 0.15) is 0 Å². The lowest BCUT2D eigenvalue weighted by atomic mass is 10.2. The molecule has 0 amide bonds. The van der Waals surface area contributed by atoms with E-state index in [9.17, 15) is 0 Å². The van der Waals surface area contributed by atoms with Gasteiger partial charge >= 0.3 is 0 Å². The Morgan fingerprint density at radius 3 is 2.93 bits per heavy atom. The number of aromatic nitrogens is 2. The number of hydrogen-bond acceptors (Lipinski definition) is 1. The molecule has 0 aromatic carbocycles. The minimum atomic E-state index is 0.807. The van der Waals surface area contributed by atoms with Gasteiger partial charge in [-0.05, 0) is 19.3 Å². The van der Waals surface area contributed by atoms with Crippen molar-refractivity contribution in [2.75, 3.05) is 0 Å². The lowest BCUT2D eigenvalue weighted by Gasteiger charge is -2.06. The Morgan fingerprint density at radius 2 is 2.36 bits per heavy atom. The van der Waals surface area contributed by atoms with Crippen LogP contribution < -0.4 is 0 Å². The molecule has 1 saturated carbocycles. The number of aryl methyl sites for hydroxylation is 1. The zero-order valence-corrected chi connectivity index (χ0v) is 10.3. The van der Waals surface area contributed by atoms with Gasteiger partial charge in [-0.1, -0.05) is 29.3 Å². The summed E-state index contributed by atoms with van der Waals surface area (Å²) in [5, 5.41) is 5.42. The third kappa shape index (κ3) is 2.02. The molecule has 2 rings (SSSR count). The van der Waals surface area contributed by atoms with Crippen LogP contribution in [0.5, 0.6) is 0 Å². The van der Waals surface area contributed by atoms with E-state index in [1.165, 1.54) is 36.9 Å². The van der Waals surface area contributed by atoms with Crippen LogP contribution in [0.15, 0.2) is 6.20 Å². The van der Waals surface area contributed by atoms with Crippen LogP contribution >= 0.6 is 15.9 Å². The van der Waals surface area contributed by atoms with E-state index in [4.69, 9.17) is 0 Å². The van der Waals surface area contributed by atoms with Gasteiger partial charge < -0.3 is 0 Å². The van der Waals surface area contributed by atoms with Crippen LogP contribution in [0.3, 0.4) is 0 Å². The normalized spacial score (nSPS) is 16.1. The molecule has 0 atom stereocenters. The molecule has 0 bridgehead atoms. The molecule has 1 heterocycles. The van der Waals surface area contributed by atoms with Crippen molar-refractivity contribution in [2.45, 2.75) is 50.4 Å². The zero-order chi connectivity index (χ0) is 9.97. The second kappa shape index (κ2) is 4.47. The second-order valence-corrected chi connectivity index (χ2v) is 4.60. The smallest absolute Gasteiger partial charge is 0.0533 e. The van der Waals surface area contributed by atoms with Crippen molar-refractivity contribution in [3.8, 4) is 0 Å². The summed E-state index contributed by atoms with van der Waals surface area (Å²) < 4.78 is 2.22. The summed E-state index contributed by atoms with van der Waals surface area (Å²) in [5.41, 5.74) is 2.89. The van der Waals surface area contributed by atoms with Crippen molar-refractivity contribution in [3.63, 3.8) is 0 Å². The van der Waals surface area contributed by atoms with E-state index in [1.54, 1.807) is 0 Å². The SMILES string of the molecule is CCCCn1ncc(CBr)c1C1CC1. The third-order valence-corrected chi connectivity index (χ3v) is 3.40. The lowest BCUT2D eigenvalue weighted by molar-refractivity contribution is 0.548. The fourth-order valence-electron chi connectivity index (χ4n) is 1.85. The van der Waals surface area contributed by atoms with Crippen molar-refractivity contribution in [3.05, 3.63) is 17.5 Å². The van der Waals surface area contributed by atoms with Gasteiger partial charge in [-0.3, -0.25) is 4.68 Å². The molecule has 0 N–H and O–H groups in total. The number of alkyl halides is 1. The molecule has 1 aliphatic carbocycles. The maximum absolute atomic E-state index is 4.47. The van der Waals surface area contributed by atoms with Gasteiger partial charge in [0.2, 0.25) is 0 Å². The van der Waals surface area contributed by atoms with Crippen LogP contribution in [0.4, 0.5) is 0 Å². The van der Waals surface area contributed by atoms with Crippen molar-refractivity contribution in [1.82, 2.24) is 9.78 Å². The molecule has 0 radical (unpaired) electrons. The second-order valence-electron chi connectivity index (χ2n) is 4.04. The molecule has 1 aromatic heterocycles. The highest BCUT2D eigenvalue weighted by molar-refractivity contribution is 9.08. The summed E-state index contributed by atoms with van der Waals surface area (Å²) in [6, 6.07) is 0. The summed E-state index contributed by atoms with van der Waals surface area (Å²) in [6.45, 7) is 3.32. The van der Waals surface area contributed by atoms with Crippen LogP contribution in [-0.2, 0) is 11.9 Å². The standard InChI is InChI=1S/C11H17BrN2/c1-2-3-6-14-11(9-4-5-9)10(7-12)8-13-14/h8-9H,2-7H2,1H3. The van der Waals surface area contributed by atoms with E-state index < -0.39 is 0 Å². The van der Waals surface area contributed by atoms with Gasteiger partial charge in [-0.2, -0.15) is 5.10 Å². The zero-order valence-electron chi connectivity index (χ0n) is 8.67. The molecular formula is C11H17BrN2. The molecule has 0 spiro atoms. The van der Waals surface area contributed by atoms with Gasteiger partial charge in [-0.25, -0.2) is 0 Å². The van der Waals surface area contributed by atoms with Gasteiger partial charge in [-0.15, -0.1) is 0 Å². The first kappa shape index (κ1) is 10.2. The van der Waals surface area contributed by atoms with E-state index in [-0.39, 0.29) is 0 Å². The fourth-order valence-corrected chi connectivity index (χ4v) is 2.28. The molecule has 0 unspecified atom stereocenters. The van der Waals surface area contributed by atoms with Crippen molar-refractivity contribution >= 4 is 15.9 Å². The Balaban J connectivity index is 2.16. The van der Waals surface area contributed by atoms with E-state index in [0.29, 0.717) is 0 Å². The van der Waals surface area contributed by atoms with Crippen molar-refractivity contribution in [2.24, 2.45) is 0 Å². The first-order valence-corrected chi connectivity index (χ1v) is 6.59. The summed E-state index contributed by atoms with van der Waals surface area (Å²) in [5.74, 6) is 0.807. The molecule has 78 valence electrons. The Morgan fingerprint density at radius 1 is 1.57 bits per heavy atom. The highest BCUT2D eigenvalue weighted by Gasteiger charge is 2.29. The quantitative estimate of drug-likeness (QED) is 0.738. The minimum absolute atomic E-state index is 0.807. The van der Waals surface area contributed by atoms with Crippen LogP contribution in [-0.4, -0.2) is 9.78 Å². The van der Waals surface area contributed by atoms with E-state index in [2.05, 4.69) is 32.6 Å². The molecule has 0 aliphatic heterocycles. The van der Waals surface area contributed by atoms with Crippen LogP contribution in [0.25, 0.3) is 0 Å². The fraction of sp³-hybridized carbons (Fsp3) is 0.727. The molecule has 1 fully saturated rings. The van der Waals surface area contributed by atoms with Gasteiger partial charge in [0.15, 0.2) is 0 Å². The molecule has 3 heteroatoms. The van der Waals surface area contributed by atoms with Crippen LogP contribution in [0, 0.1) is 0 Å². The molecule has 1 aromatic rings. The summed E-state index contributed by atoms with van der Waals surface area (Å²) in [7, 11) is 0. The third-order valence-electron chi connectivity index (χ3n) is 2.79. The number of nitrogens with zero attached hydrogens (tertiary/aromatic N) is 2. The van der Waals surface area contributed by atoms with E-state index in [0.717, 1.165) is 17.8 Å². The predicted octanol–water partition coefficient (Wildman–Crippen LogP) is 3.46. The molecule has 14 heavy (non-hydrogen) atoms. The Kier molecular flexibility index (Phi) is 3.26. The summed E-state index contributed by atoms with van der Waals surface area (Å²) in [6.07, 6.45) is 7.23. The molecule has 2 nitrogen and oxygen atoms in total. The largest absolute Gasteiger partial charge is 0.269 e. The number of rotatable bonds is 5. The van der Waals surface area contributed by atoms with Gasteiger partial charge in [0, 0.05) is 29.1 Å². The number of hydrogen-bond donors (Lipinski definition) is 0. The molecule has 1 aliphatic rings. The van der Waals surface area contributed by atoms with E-state index >= 15 is 0 Å². The first-order valence-electron chi connectivity index (χ1n) is 5.47. The molecule has 0 saturated heterocycles.